The SMILES string of the molecule is COc1cc(OCCCCl)c(Br)cc1-c1ccc(F)cc1. The van der Waals surface area contributed by atoms with Crippen LogP contribution in [0.1, 0.15) is 6.42 Å². The topological polar surface area (TPSA) is 18.5 Å². The van der Waals surface area contributed by atoms with Crippen LogP contribution in [0.3, 0.4) is 0 Å². The lowest BCUT2D eigenvalue weighted by molar-refractivity contribution is 0.313. The van der Waals surface area contributed by atoms with Gasteiger partial charge < -0.3 is 9.47 Å². The zero-order valence-corrected chi connectivity index (χ0v) is 13.9. The predicted molar refractivity (Wildman–Crippen MR) is 86.9 cm³/mol. The lowest BCUT2D eigenvalue weighted by Crippen LogP contribution is -1.99. The summed E-state index contributed by atoms with van der Waals surface area (Å²) in [7, 11) is 1.60. The van der Waals surface area contributed by atoms with Gasteiger partial charge in [-0.3, -0.25) is 0 Å². The fourth-order valence-electron chi connectivity index (χ4n) is 1.91. The van der Waals surface area contributed by atoms with Gasteiger partial charge in [0.25, 0.3) is 0 Å². The van der Waals surface area contributed by atoms with E-state index in [1.54, 1.807) is 19.2 Å². The van der Waals surface area contributed by atoms with Crippen LogP contribution in [0, 0.1) is 5.82 Å². The van der Waals surface area contributed by atoms with Crippen molar-refractivity contribution in [3.8, 4) is 22.6 Å². The van der Waals surface area contributed by atoms with Gasteiger partial charge in [-0.05, 0) is 46.1 Å². The maximum absolute atomic E-state index is 13.0. The van der Waals surface area contributed by atoms with Gasteiger partial charge >= 0.3 is 0 Å². The Bertz CT molecular complexity index is 602. The number of rotatable bonds is 6. The minimum absolute atomic E-state index is 0.266. The summed E-state index contributed by atoms with van der Waals surface area (Å²) in [5.74, 6) is 1.66. The van der Waals surface area contributed by atoms with E-state index < -0.39 is 0 Å². The van der Waals surface area contributed by atoms with Crippen molar-refractivity contribution < 1.29 is 13.9 Å². The van der Waals surface area contributed by atoms with E-state index >= 15 is 0 Å². The number of benzene rings is 2. The Balaban J connectivity index is 2.34. The van der Waals surface area contributed by atoms with Crippen molar-refractivity contribution in [1.29, 1.82) is 0 Å². The molecule has 0 atom stereocenters. The van der Waals surface area contributed by atoms with E-state index in [1.807, 2.05) is 12.1 Å². The monoisotopic (exact) mass is 372 g/mol. The Kier molecular flexibility index (Phi) is 5.88. The van der Waals surface area contributed by atoms with Crippen LogP contribution in [0.5, 0.6) is 11.5 Å². The minimum atomic E-state index is -0.266. The second-order valence-electron chi connectivity index (χ2n) is 4.38. The van der Waals surface area contributed by atoms with Crippen LogP contribution in [0.2, 0.25) is 0 Å². The molecule has 0 saturated heterocycles. The molecular formula is C16H15BrClFO2. The molecule has 2 nitrogen and oxygen atoms in total. The van der Waals surface area contributed by atoms with Gasteiger partial charge in [0.1, 0.15) is 17.3 Å². The van der Waals surface area contributed by atoms with Crippen LogP contribution in [0.15, 0.2) is 40.9 Å². The molecule has 2 aromatic rings. The zero-order chi connectivity index (χ0) is 15.2. The molecule has 0 N–H and O–H groups in total. The number of ether oxygens (including phenoxy) is 2. The summed E-state index contributed by atoms with van der Waals surface area (Å²) < 4.78 is 24.9. The van der Waals surface area contributed by atoms with E-state index in [9.17, 15) is 4.39 Å². The lowest BCUT2D eigenvalue weighted by Gasteiger charge is -2.14. The van der Waals surface area contributed by atoms with Crippen LogP contribution < -0.4 is 9.47 Å². The van der Waals surface area contributed by atoms with E-state index in [2.05, 4.69) is 15.9 Å². The average molecular weight is 374 g/mol. The molecule has 0 aliphatic carbocycles. The van der Waals surface area contributed by atoms with Gasteiger partial charge in [0.05, 0.1) is 18.2 Å². The predicted octanol–water partition coefficient (Wildman–Crippen LogP) is 5.27. The highest BCUT2D eigenvalue weighted by Crippen LogP contribution is 2.38. The van der Waals surface area contributed by atoms with Gasteiger partial charge in [-0.15, -0.1) is 11.6 Å². The Morgan fingerprint density at radius 3 is 2.48 bits per heavy atom. The Morgan fingerprint density at radius 2 is 1.86 bits per heavy atom. The van der Waals surface area contributed by atoms with Crippen molar-refractivity contribution >= 4 is 27.5 Å². The summed E-state index contributed by atoms with van der Waals surface area (Å²) in [4.78, 5) is 0. The largest absolute Gasteiger partial charge is 0.496 e. The van der Waals surface area contributed by atoms with E-state index in [4.69, 9.17) is 21.1 Å². The second kappa shape index (κ2) is 7.66. The van der Waals surface area contributed by atoms with Gasteiger partial charge in [-0.25, -0.2) is 4.39 Å². The molecule has 0 unspecified atom stereocenters. The molecule has 0 aromatic heterocycles. The lowest BCUT2D eigenvalue weighted by atomic mass is 10.0. The van der Waals surface area contributed by atoms with Crippen molar-refractivity contribution in [2.45, 2.75) is 6.42 Å². The van der Waals surface area contributed by atoms with Crippen LogP contribution in [0.4, 0.5) is 4.39 Å². The van der Waals surface area contributed by atoms with Crippen molar-refractivity contribution in [3.05, 3.63) is 46.7 Å². The van der Waals surface area contributed by atoms with E-state index in [0.29, 0.717) is 24.0 Å². The van der Waals surface area contributed by atoms with Crippen LogP contribution in [-0.4, -0.2) is 19.6 Å². The Morgan fingerprint density at radius 1 is 1.14 bits per heavy atom. The molecule has 5 heteroatoms. The van der Waals surface area contributed by atoms with Crippen LogP contribution in [0.25, 0.3) is 11.1 Å². The summed E-state index contributed by atoms with van der Waals surface area (Å²) >= 11 is 9.12. The summed E-state index contributed by atoms with van der Waals surface area (Å²) in [6, 6.07) is 10.0. The molecule has 0 saturated carbocycles. The third-order valence-electron chi connectivity index (χ3n) is 2.94. The highest BCUT2D eigenvalue weighted by Gasteiger charge is 2.12. The van der Waals surface area contributed by atoms with E-state index in [0.717, 1.165) is 22.0 Å². The van der Waals surface area contributed by atoms with Crippen LogP contribution >= 0.6 is 27.5 Å². The standard InChI is InChI=1S/C16H15BrClFO2/c1-20-15-10-16(21-8-2-7-18)14(17)9-13(15)11-3-5-12(19)6-4-11/h3-6,9-10H,2,7-8H2,1H3. The van der Waals surface area contributed by atoms with Gasteiger partial charge in [0.15, 0.2) is 0 Å². The number of alkyl halides is 1. The molecule has 2 rings (SSSR count). The second-order valence-corrected chi connectivity index (χ2v) is 5.61. The third kappa shape index (κ3) is 4.11. The first kappa shape index (κ1) is 16.1. The first-order valence-electron chi connectivity index (χ1n) is 6.48. The molecular weight excluding hydrogens is 359 g/mol. The van der Waals surface area contributed by atoms with Gasteiger partial charge in [-0.2, -0.15) is 0 Å². The summed E-state index contributed by atoms with van der Waals surface area (Å²) in [5.41, 5.74) is 1.75. The summed E-state index contributed by atoms with van der Waals surface area (Å²) in [6.45, 7) is 0.543. The van der Waals surface area contributed by atoms with Crippen molar-refractivity contribution in [2.75, 3.05) is 19.6 Å². The van der Waals surface area contributed by atoms with Gasteiger partial charge in [0, 0.05) is 17.5 Å². The number of methoxy groups -OCH3 is 1. The van der Waals surface area contributed by atoms with Crippen molar-refractivity contribution in [2.24, 2.45) is 0 Å². The molecule has 112 valence electrons. The molecule has 21 heavy (non-hydrogen) atoms. The molecule has 0 bridgehead atoms. The van der Waals surface area contributed by atoms with E-state index in [-0.39, 0.29) is 5.82 Å². The molecule has 0 fully saturated rings. The fraction of sp³-hybridized carbons (Fsp3) is 0.250. The average Bonchev–Trinajstić information content (AvgIpc) is 2.49. The normalized spacial score (nSPS) is 10.5. The van der Waals surface area contributed by atoms with Gasteiger partial charge in [0.2, 0.25) is 0 Å². The number of hydrogen-bond acceptors (Lipinski definition) is 2. The number of halogens is 3. The quantitative estimate of drug-likeness (QED) is 0.507. The Labute approximate surface area is 137 Å². The maximum atomic E-state index is 13.0. The molecule has 0 aliphatic heterocycles. The van der Waals surface area contributed by atoms with Gasteiger partial charge in [-0.1, -0.05) is 12.1 Å². The first-order valence-corrected chi connectivity index (χ1v) is 7.80. The van der Waals surface area contributed by atoms with Crippen molar-refractivity contribution in [3.63, 3.8) is 0 Å². The molecule has 0 aliphatic rings. The molecule has 0 spiro atoms. The zero-order valence-electron chi connectivity index (χ0n) is 11.5. The smallest absolute Gasteiger partial charge is 0.137 e. The summed E-state index contributed by atoms with van der Waals surface area (Å²) in [5, 5.41) is 0. The third-order valence-corrected chi connectivity index (χ3v) is 3.83. The van der Waals surface area contributed by atoms with Crippen molar-refractivity contribution in [1.82, 2.24) is 0 Å². The fourth-order valence-corrected chi connectivity index (χ4v) is 2.47. The summed E-state index contributed by atoms with van der Waals surface area (Å²) in [6.07, 6.45) is 0.774. The highest BCUT2D eigenvalue weighted by atomic mass is 79.9. The first-order chi connectivity index (χ1) is 10.2. The van der Waals surface area contributed by atoms with E-state index in [1.165, 1.54) is 12.1 Å². The molecule has 0 heterocycles. The van der Waals surface area contributed by atoms with Crippen LogP contribution in [-0.2, 0) is 0 Å². The Hall–Kier alpha value is -1.26. The maximum Gasteiger partial charge on any atom is 0.137 e. The molecule has 0 radical (unpaired) electrons. The number of hydrogen-bond donors (Lipinski definition) is 0. The minimum Gasteiger partial charge on any atom is -0.496 e. The highest BCUT2D eigenvalue weighted by molar-refractivity contribution is 9.10. The molecule has 2 aromatic carbocycles. The molecule has 0 amide bonds.